The Morgan fingerprint density at radius 2 is 1.48 bits per heavy atom. The van der Waals surface area contributed by atoms with Crippen molar-refractivity contribution < 1.29 is 16.8 Å². The van der Waals surface area contributed by atoms with Gasteiger partial charge in [0.1, 0.15) is 0 Å². The molecule has 0 unspecified atom stereocenters. The van der Waals surface area contributed by atoms with E-state index in [4.69, 9.17) is 0 Å². The zero-order valence-electron chi connectivity index (χ0n) is 14.1. The lowest BCUT2D eigenvalue weighted by Gasteiger charge is -2.10. The number of hydrogen-bond donors (Lipinski definition) is 2. The van der Waals surface area contributed by atoms with Crippen molar-refractivity contribution in [2.45, 2.75) is 32.1 Å². The summed E-state index contributed by atoms with van der Waals surface area (Å²) in [6, 6.07) is 7.15. The van der Waals surface area contributed by atoms with Gasteiger partial charge in [-0.15, -0.1) is 0 Å². The van der Waals surface area contributed by atoms with E-state index in [9.17, 15) is 16.8 Å². The molecule has 1 aromatic heterocycles. The first-order valence-electron chi connectivity index (χ1n) is 7.57. The number of sulfonamides is 2. The van der Waals surface area contributed by atoms with Gasteiger partial charge >= 0.3 is 0 Å². The summed E-state index contributed by atoms with van der Waals surface area (Å²) in [5.41, 5.74) is 1.59. The Bertz CT molecular complexity index is 935. The van der Waals surface area contributed by atoms with Crippen molar-refractivity contribution in [3.05, 3.63) is 41.7 Å². The fourth-order valence-electron chi connectivity index (χ4n) is 2.15. The topological polar surface area (TPSA) is 118 Å². The third-order valence-corrected chi connectivity index (χ3v) is 5.96. The number of aryl methyl sites for hydroxylation is 2. The molecule has 0 aliphatic heterocycles. The van der Waals surface area contributed by atoms with Crippen LogP contribution in [0.2, 0.25) is 0 Å². The molecule has 2 aromatic rings. The van der Waals surface area contributed by atoms with Crippen molar-refractivity contribution in [3.63, 3.8) is 0 Å². The van der Waals surface area contributed by atoms with Gasteiger partial charge < -0.3 is 0 Å². The van der Waals surface area contributed by atoms with Crippen molar-refractivity contribution in [1.82, 2.24) is 9.97 Å². The van der Waals surface area contributed by atoms with Crippen molar-refractivity contribution in [1.29, 1.82) is 0 Å². The highest BCUT2D eigenvalue weighted by molar-refractivity contribution is 7.93. The summed E-state index contributed by atoms with van der Waals surface area (Å²) >= 11 is 0. The third-order valence-electron chi connectivity index (χ3n) is 3.12. The second kappa shape index (κ2) is 7.36. The molecule has 0 radical (unpaired) electrons. The van der Waals surface area contributed by atoms with Gasteiger partial charge in [-0.05, 0) is 50.6 Å². The van der Waals surface area contributed by atoms with Crippen molar-refractivity contribution in [2.24, 2.45) is 0 Å². The summed E-state index contributed by atoms with van der Waals surface area (Å²) in [5.74, 6) is -0.0104. The van der Waals surface area contributed by atoms with Gasteiger partial charge in [0.2, 0.25) is 16.0 Å². The second-order valence-electron chi connectivity index (χ2n) is 5.53. The third kappa shape index (κ3) is 5.40. The number of aromatic nitrogens is 2. The van der Waals surface area contributed by atoms with Gasteiger partial charge in [-0.3, -0.25) is 4.72 Å². The normalized spacial score (nSPS) is 12.0. The van der Waals surface area contributed by atoms with E-state index in [1.54, 1.807) is 26.8 Å². The van der Waals surface area contributed by atoms with Crippen LogP contribution in [-0.4, -0.2) is 32.6 Å². The average Bonchev–Trinajstić information content (AvgIpc) is 2.45. The minimum absolute atomic E-state index is 0.00134. The molecule has 0 aliphatic carbocycles. The van der Waals surface area contributed by atoms with Crippen LogP contribution in [-0.2, 0) is 20.0 Å². The molecular weight excluding hydrogens is 364 g/mol. The molecular formula is C15H20N4O4S2. The maximum atomic E-state index is 12.4. The molecule has 1 aromatic carbocycles. The molecule has 10 heteroatoms. The van der Waals surface area contributed by atoms with Crippen LogP contribution >= 0.6 is 0 Å². The lowest BCUT2D eigenvalue weighted by Crippen LogP contribution is -2.17. The van der Waals surface area contributed by atoms with E-state index in [1.165, 1.54) is 24.3 Å². The Kier molecular flexibility index (Phi) is 5.63. The maximum absolute atomic E-state index is 12.4. The van der Waals surface area contributed by atoms with Gasteiger partial charge in [-0.1, -0.05) is 6.92 Å². The van der Waals surface area contributed by atoms with Crippen LogP contribution in [0.1, 0.15) is 24.7 Å². The predicted molar refractivity (Wildman–Crippen MR) is 96.5 cm³/mol. The van der Waals surface area contributed by atoms with Gasteiger partial charge in [-0.25, -0.2) is 31.5 Å². The zero-order chi connectivity index (χ0) is 18.7. The number of rotatable bonds is 7. The summed E-state index contributed by atoms with van der Waals surface area (Å²) in [6.45, 7) is 5.24. The molecule has 0 spiro atoms. The maximum Gasteiger partial charge on any atom is 0.264 e. The molecule has 0 atom stereocenters. The van der Waals surface area contributed by atoms with Crippen molar-refractivity contribution in [3.8, 4) is 0 Å². The van der Waals surface area contributed by atoms with Crippen LogP contribution < -0.4 is 9.44 Å². The highest BCUT2D eigenvalue weighted by Gasteiger charge is 2.17. The first kappa shape index (κ1) is 19.1. The van der Waals surface area contributed by atoms with E-state index < -0.39 is 20.0 Å². The first-order valence-corrected chi connectivity index (χ1v) is 10.7. The van der Waals surface area contributed by atoms with Crippen LogP contribution in [0.3, 0.4) is 0 Å². The monoisotopic (exact) mass is 384 g/mol. The SMILES string of the molecule is CCCS(=O)(=O)Nc1ccc(S(=O)(=O)Nc2nc(C)cc(C)n2)cc1. The minimum atomic E-state index is -3.87. The largest absolute Gasteiger partial charge is 0.284 e. The molecule has 0 bridgehead atoms. The van der Waals surface area contributed by atoms with E-state index in [-0.39, 0.29) is 16.6 Å². The quantitative estimate of drug-likeness (QED) is 0.754. The van der Waals surface area contributed by atoms with Gasteiger partial charge in [0.05, 0.1) is 10.6 Å². The molecule has 8 nitrogen and oxygen atoms in total. The van der Waals surface area contributed by atoms with Crippen LogP contribution in [0.4, 0.5) is 11.6 Å². The zero-order valence-corrected chi connectivity index (χ0v) is 15.8. The minimum Gasteiger partial charge on any atom is -0.284 e. The molecule has 136 valence electrons. The first-order chi connectivity index (χ1) is 11.6. The molecule has 0 aliphatic rings. The van der Waals surface area contributed by atoms with Crippen LogP contribution in [0.25, 0.3) is 0 Å². The Morgan fingerprint density at radius 1 is 0.920 bits per heavy atom. The van der Waals surface area contributed by atoms with E-state index in [2.05, 4.69) is 19.4 Å². The summed E-state index contributed by atoms with van der Waals surface area (Å²) in [5, 5.41) is 0. The molecule has 0 saturated heterocycles. The number of nitrogens with zero attached hydrogens (tertiary/aromatic N) is 2. The van der Waals surface area contributed by atoms with Crippen LogP contribution in [0, 0.1) is 13.8 Å². The Hall–Kier alpha value is -2.20. The Morgan fingerprint density at radius 3 is 2.00 bits per heavy atom. The molecule has 0 amide bonds. The summed E-state index contributed by atoms with van der Waals surface area (Å²) in [6.07, 6.45) is 0.488. The number of anilines is 2. The Balaban J connectivity index is 2.20. The van der Waals surface area contributed by atoms with Gasteiger partial charge in [0.15, 0.2) is 0 Å². The highest BCUT2D eigenvalue weighted by atomic mass is 32.2. The summed E-state index contributed by atoms with van der Waals surface area (Å²) in [7, 11) is -7.30. The summed E-state index contributed by atoms with van der Waals surface area (Å²) in [4.78, 5) is 8.06. The summed E-state index contributed by atoms with van der Waals surface area (Å²) < 4.78 is 53.0. The van der Waals surface area contributed by atoms with E-state index in [0.29, 0.717) is 23.5 Å². The van der Waals surface area contributed by atoms with Gasteiger partial charge in [0, 0.05) is 17.1 Å². The van der Waals surface area contributed by atoms with Gasteiger partial charge in [-0.2, -0.15) is 0 Å². The number of benzene rings is 1. The fourth-order valence-corrected chi connectivity index (χ4v) is 4.23. The van der Waals surface area contributed by atoms with E-state index >= 15 is 0 Å². The lowest BCUT2D eigenvalue weighted by molar-refractivity contribution is 0.599. The van der Waals surface area contributed by atoms with Gasteiger partial charge in [0.25, 0.3) is 10.0 Å². The second-order valence-corrected chi connectivity index (χ2v) is 9.05. The Labute approximate surface area is 147 Å². The molecule has 1 heterocycles. The fraction of sp³-hybridized carbons (Fsp3) is 0.333. The van der Waals surface area contributed by atoms with E-state index in [0.717, 1.165) is 0 Å². The molecule has 25 heavy (non-hydrogen) atoms. The number of nitrogens with one attached hydrogen (secondary N) is 2. The number of hydrogen-bond acceptors (Lipinski definition) is 6. The van der Waals surface area contributed by atoms with E-state index in [1.807, 2.05) is 0 Å². The smallest absolute Gasteiger partial charge is 0.264 e. The van der Waals surface area contributed by atoms with Crippen molar-refractivity contribution in [2.75, 3.05) is 15.2 Å². The molecule has 0 fully saturated rings. The highest BCUT2D eigenvalue weighted by Crippen LogP contribution is 2.18. The van der Waals surface area contributed by atoms with Crippen molar-refractivity contribution >= 4 is 31.7 Å². The molecule has 0 saturated carbocycles. The lowest BCUT2D eigenvalue weighted by atomic mass is 10.3. The molecule has 2 N–H and O–H groups in total. The molecule has 2 rings (SSSR count). The van der Waals surface area contributed by atoms with Crippen LogP contribution in [0.5, 0.6) is 0 Å². The van der Waals surface area contributed by atoms with Crippen LogP contribution in [0.15, 0.2) is 35.2 Å². The standard InChI is InChI=1S/C15H20N4O4S2/c1-4-9-24(20,21)18-13-5-7-14(8-6-13)25(22,23)19-15-16-11(2)10-12(3)17-15/h5-8,10,18H,4,9H2,1-3H3,(H,16,17,19). The predicted octanol–water partition coefficient (Wildman–Crippen LogP) is 2.05. The average molecular weight is 384 g/mol.